The number of hydrogen-bond donors (Lipinski definition) is 2. The molecule has 0 aliphatic rings. The first-order chi connectivity index (χ1) is 6.90. The van der Waals surface area contributed by atoms with Crippen molar-refractivity contribution in [2.24, 2.45) is 0 Å². The summed E-state index contributed by atoms with van der Waals surface area (Å²) in [5, 5.41) is 18.4. The third-order valence-corrected chi connectivity index (χ3v) is 1.96. The van der Waals surface area contributed by atoms with E-state index >= 15 is 0 Å². The van der Waals surface area contributed by atoms with Crippen molar-refractivity contribution in [1.29, 1.82) is 0 Å². The van der Waals surface area contributed by atoms with Crippen LogP contribution in [0, 0.1) is 0 Å². The van der Waals surface area contributed by atoms with Crippen LogP contribution in [0.25, 0.3) is 0 Å². The molecule has 0 bridgehead atoms. The molecule has 0 aliphatic carbocycles. The lowest BCUT2D eigenvalue weighted by Gasteiger charge is -2.24. The Morgan fingerprint density at radius 2 is 1.93 bits per heavy atom. The number of hydrogen-bond acceptors (Lipinski definition) is 4. The van der Waals surface area contributed by atoms with Gasteiger partial charge in [0.05, 0.1) is 12.1 Å². The molecular formula is C11H19NO3. The zero-order valence-corrected chi connectivity index (χ0v) is 9.53. The summed E-state index contributed by atoms with van der Waals surface area (Å²) in [6.45, 7) is 4.66. The highest BCUT2D eigenvalue weighted by atomic mass is 16.4. The molecule has 4 heteroatoms. The van der Waals surface area contributed by atoms with Crippen LogP contribution in [0.1, 0.15) is 25.4 Å². The lowest BCUT2D eigenvalue weighted by atomic mass is 10.1. The second-order valence-corrected chi connectivity index (χ2v) is 4.51. The zero-order valence-electron chi connectivity index (χ0n) is 9.53. The standard InChI is InChI=1S/C11H19NO3/c1-11(2,14)8-12(3)6-9-4-5-10(7-13)15-9/h4-5,13-14H,6-8H2,1-3H3. The highest BCUT2D eigenvalue weighted by molar-refractivity contribution is 5.06. The quantitative estimate of drug-likeness (QED) is 0.765. The molecule has 0 saturated heterocycles. The number of aliphatic hydroxyl groups excluding tert-OH is 1. The average Bonchev–Trinajstić information content (AvgIpc) is 2.48. The third-order valence-electron chi connectivity index (χ3n) is 1.96. The van der Waals surface area contributed by atoms with Gasteiger partial charge in [-0.1, -0.05) is 0 Å². The van der Waals surface area contributed by atoms with Gasteiger partial charge in [0.15, 0.2) is 0 Å². The number of rotatable bonds is 5. The van der Waals surface area contributed by atoms with Gasteiger partial charge >= 0.3 is 0 Å². The van der Waals surface area contributed by atoms with Gasteiger partial charge < -0.3 is 14.6 Å². The maximum atomic E-state index is 9.61. The van der Waals surface area contributed by atoms with Crippen LogP contribution in [-0.2, 0) is 13.2 Å². The minimum Gasteiger partial charge on any atom is -0.462 e. The van der Waals surface area contributed by atoms with E-state index < -0.39 is 5.60 Å². The zero-order chi connectivity index (χ0) is 11.5. The van der Waals surface area contributed by atoms with E-state index in [2.05, 4.69) is 0 Å². The second kappa shape index (κ2) is 4.79. The van der Waals surface area contributed by atoms with Gasteiger partial charge in [0.2, 0.25) is 0 Å². The molecule has 0 fully saturated rings. The fourth-order valence-electron chi connectivity index (χ4n) is 1.57. The van der Waals surface area contributed by atoms with Crippen LogP contribution in [0.2, 0.25) is 0 Å². The summed E-state index contributed by atoms with van der Waals surface area (Å²) in [4.78, 5) is 1.97. The molecule has 0 aromatic carbocycles. The maximum Gasteiger partial charge on any atom is 0.129 e. The van der Waals surface area contributed by atoms with Crippen molar-refractivity contribution in [2.75, 3.05) is 13.6 Å². The highest BCUT2D eigenvalue weighted by Gasteiger charge is 2.16. The van der Waals surface area contributed by atoms with Gasteiger partial charge in [-0.2, -0.15) is 0 Å². The summed E-state index contributed by atoms with van der Waals surface area (Å²) >= 11 is 0. The van der Waals surface area contributed by atoms with Crippen molar-refractivity contribution < 1.29 is 14.6 Å². The first-order valence-electron chi connectivity index (χ1n) is 5.00. The third kappa shape index (κ3) is 4.46. The van der Waals surface area contributed by atoms with Gasteiger partial charge in [-0.3, -0.25) is 4.90 Å². The van der Waals surface area contributed by atoms with Crippen LogP contribution in [0.4, 0.5) is 0 Å². The summed E-state index contributed by atoms with van der Waals surface area (Å²) in [7, 11) is 1.92. The lowest BCUT2D eigenvalue weighted by molar-refractivity contribution is 0.0405. The molecule has 0 atom stereocenters. The molecule has 0 amide bonds. The van der Waals surface area contributed by atoms with Gasteiger partial charge in [0, 0.05) is 6.54 Å². The number of nitrogens with zero attached hydrogens (tertiary/aromatic N) is 1. The van der Waals surface area contributed by atoms with Crippen LogP contribution in [0.5, 0.6) is 0 Å². The Morgan fingerprint density at radius 1 is 1.33 bits per heavy atom. The molecule has 0 saturated carbocycles. The molecular weight excluding hydrogens is 194 g/mol. The first-order valence-corrected chi connectivity index (χ1v) is 5.00. The largest absolute Gasteiger partial charge is 0.462 e. The van der Waals surface area contributed by atoms with Crippen molar-refractivity contribution in [3.8, 4) is 0 Å². The van der Waals surface area contributed by atoms with Gasteiger partial charge in [-0.25, -0.2) is 0 Å². The van der Waals surface area contributed by atoms with Crippen molar-refractivity contribution in [1.82, 2.24) is 4.90 Å². The van der Waals surface area contributed by atoms with Gasteiger partial charge in [0.1, 0.15) is 18.1 Å². The smallest absolute Gasteiger partial charge is 0.129 e. The van der Waals surface area contributed by atoms with Crippen molar-refractivity contribution in [2.45, 2.75) is 32.6 Å². The van der Waals surface area contributed by atoms with Crippen LogP contribution in [0.3, 0.4) is 0 Å². The molecule has 1 heterocycles. The van der Waals surface area contributed by atoms with E-state index in [0.717, 1.165) is 5.76 Å². The summed E-state index contributed by atoms with van der Waals surface area (Å²) in [5.74, 6) is 1.37. The molecule has 15 heavy (non-hydrogen) atoms. The summed E-state index contributed by atoms with van der Waals surface area (Å²) < 4.78 is 5.34. The Kier molecular flexibility index (Phi) is 3.90. The predicted octanol–water partition coefficient (Wildman–Crippen LogP) is 0.975. The van der Waals surface area contributed by atoms with E-state index in [-0.39, 0.29) is 6.61 Å². The summed E-state index contributed by atoms with van der Waals surface area (Å²) in [5.41, 5.74) is -0.707. The minimum atomic E-state index is -0.707. The van der Waals surface area contributed by atoms with Gasteiger partial charge in [0.25, 0.3) is 0 Å². The van der Waals surface area contributed by atoms with E-state index in [9.17, 15) is 5.11 Å². The van der Waals surface area contributed by atoms with Crippen LogP contribution >= 0.6 is 0 Å². The molecule has 0 radical (unpaired) electrons. The Balaban J connectivity index is 2.47. The molecule has 4 nitrogen and oxygen atoms in total. The van der Waals surface area contributed by atoms with E-state index in [0.29, 0.717) is 18.8 Å². The van der Waals surface area contributed by atoms with Crippen molar-refractivity contribution in [3.05, 3.63) is 23.7 Å². The molecule has 1 aromatic heterocycles. The van der Waals surface area contributed by atoms with Crippen molar-refractivity contribution >= 4 is 0 Å². The fraction of sp³-hybridized carbons (Fsp3) is 0.636. The van der Waals surface area contributed by atoms with E-state index in [4.69, 9.17) is 9.52 Å². The molecule has 86 valence electrons. The summed E-state index contributed by atoms with van der Waals surface area (Å²) in [6, 6.07) is 3.60. The lowest BCUT2D eigenvalue weighted by Crippen LogP contribution is -2.35. The monoisotopic (exact) mass is 213 g/mol. The normalized spacial score (nSPS) is 12.4. The van der Waals surface area contributed by atoms with Gasteiger partial charge in [-0.15, -0.1) is 0 Å². The Hall–Kier alpha value is -0.840. The number of aliphatic hydroxyl groups is 2. The Morgan fingerprint density at radius 3 is 2.40 bits per heavy atom. The number of furan rings is 1. The van der Waals surface area contributed by atoms with Crippen LogP contribution in [0.15, 0.2) is 16.5 Å². The number of likely N-dealkylation sites (N-methyl/N-ethyl adjacent to an activating group) is 1. The van der Waals surface area contributed by atoms with Gasteiger partial charge in [-0.05, 0) is 33.0 Å². The average molecular weight is 213 g/mol. The molecule has 1 rings (SSSR count). The summed E-state index contributed by atoms with van der Waals surface area (Å²) in [6.07, 6.45) is 0. The van der Waals surface area contributed by atoms with E-state index in [1.807, 2.05) is 18.0 Å². The highest BCUT2D eigenvalue weighted by Crippen LogP contribution is 2.11. The predicted molar refractivity (Wildman–Crippen MR) is 57.3 cm³/mol. The van der Waals surface area contributed by atoms with E-state index in [1.54, 1.807) is 19.9 Å². The molecule has 1 aromatic rings. The Labute approximate surface area is 90.1 Å². The topological polar surface area (TPSA) is 56.8 Å². The minimum absolute atomic E-state index is 0.0742. The molecule has 0 spiro atoms. The van der Waals surface area contributed by atoms with Crippen LogP contribution < -0.4 is 0 Å². The molecule has 0 aliphatic heterocycles. The second-order valence-electron chi connectivity index (χ2n) is 4.51. The SMILES string of the molecule is CN(Cc1ccc(CO)o1)CC(C)(C)O. The molecule has 0 unspecified atom stereocenters. The van der Waals surface area contributed by atoms with Crippen LogP contribution in [-0.4, -0.2) is 34.3 Å². The van der Waals surface area contributed by atoms with Crippen molar-refractivity contribution in [3.63, 3.8) is 0 Å². The molecule has 2 N–H and O–H groups in total. The maximum absolute atomic E-state index is 9.61. The fourth-order valence-corrected chi connectivity index (χ4v) is 1.57. The first kappa shape index (κ1) is 12.2. The van der Waals surface area contributed by atoms with E-state index in [1.165, 1.54) is 0 Å². The Bertz CT molecular complexity index is 301.